The Kier molecular flexibility index (Phi) is 4.52. The Morgan fingerprint density at radius 1 is 1.25 bits per heavy atom. The average molecular weight is 351 g/mol. The summed E-state index contributed by atoms with van der Waals surface area (Å²) in [5.41, 5.74) is -0.183. The number of carbonyl (C=O) groups excluding carboxylic acids is 1. The fourth-order valence-electron chi connectivity index (χ4n) is 2.86. The second-order valence-corrected chi connectivity index (χ2v) is 6.73. The fraction of sp³-hybridized carbons (Fsp3) is 0.467. The van der Waals surface area contributed by atoms with Crippen molar-refractivity contribution in [3.05, 3.63) is 26.5 Å². The van der Waals surface area contributed by atoms with Crippen molar-refractivity contribution in [1.82, 2.24) is 14.7 Å². The number of amides is 1. The molecule has 3 N–H and O–H groups in total. The lowest BCUT2D eigenvalue weighted by molar-refractivity contribution is -0.136. The van der Waals surface area contributed by atoms with E-state index >= 15 is 0 Å². The topological polar surface area (TPSA) is 121 Å². The second kappa shape index (κ2) is 6.60. The monoisotopic (exact) mass is 351 g/mol. The molecule has 0 fully saturated rings. The zero-order valence-corrected chi connectivity index (χ0v) is 13.7. The van der Waals surface area contributed by atoms with Gasteiger partial charge in [-0.05, 0) is 25.7 Å². The molecular formula is C15H17N3O5S. The number of carbonyl (C=O) groups is 2. The predicted molar refractivity (Wildman–Crippen MR) is 86.8 cm³/mol. The van der Waals surface area contributed by atoms with Crippen molar-refractivity contribution in [2.45, 2.75) is 38.5 Å². The highest BCUT2D eigenvalue weighted by molar-refractivity contribution is 7.17. The van der Waals surface area contributed by atoms with Gasteiger partial charge in [-0.25, -0.2) is 0 Å². The van der Waals surface area contributed by atoms with Crippen LogP contribution in [0.15, 0.2) is 4.79 Å². The van der Waals surface area contributed by atoms with E-state index in [4.69, 9.17) is 5.11 Å². The van der Waals surface area contributed by atoms with E-state index in [-0.39, 0.29) is 13.0 Å². The first-order valence-electron chi connectivity index (χ1n) is 7.75. The Balaban J connectivity index is 2.02. The summed E-state index contributed by atoms with van der Waals surface area (Å²) in [7, 11) is 0. The zero-order chi connectivity index (χ0) is 17.3. The number of hydrogen-bond donors (Lipinski definition) is 3. The number of carboxylic acids is 1. The molecule has 1 aliphatic carbocycles. The van der Waals surface area contributed by atoms with Crippen molar-refractivity contribution in [3.63, 3.8) is 0 Å². The summed E-state index contributed by atoms with van der Waals surface area (Å²) in [5.74, 6) is -2.49. The highest BCUT2D eigenvalue weighted by atomic mass is 32.1. The first-order valence-corrected chi connectivity index (χ1v) is 8.57. The van der Waals surface area contributed by atoms with Crippen LogP contribution >= 0.6 is 11.3 Å². The molecular weight excluding hydrogens is 334 g/mol. The molecule has 1 amide bonds. The minimum atomic E-state index is -1.06. The summed E-state index contributed by atoms with van der Waals surface area (Å²) < 4.78 is 1.41. The number of hydrogen-bond acceptors (Lipinski definition) is 6. The maximum absolute atomic E-state index is 12.7. The highest BCUT2D eigenvalue weighted by Crippen LogP contribution is 2.28. The maximum Gasteiger partial charge on any atom is 0.305 e. The number of nitrogens with one attached hydrogen (secondary N) is 1. The van der Waals surface area contributed by atoms with E-state index in [1.54, 1.807) is 0 Å². The van der Waals surface area contributed by atoms with Gasteiger partial charge in [-0.1, -0.05) is 6.42 Å². The Bertz CT molecular complexity index is 870. The number of fused-ring (bicyclic) bond motifs is 3. The Morgan fingerprint density at radius 3 is 2.75 bits per heavy atom. The molecule has 0 radical (unpaired) electrons. The van der Waals surface area contributed by atoms with Gasteiger partial charge in [0.05, 0.1) is 6.42 Å². The van der Waals surface area contributed by atoms with Crippen LogP contribution in [0, 0.1) is 0 Å². The number of thiazole rings is 1. The number of rotatable bonds is 4. The molecule has 8 nitrogen and oxygen atoms in total. The maximum atomic E-state index is 12.7. The fourth-order valence-corrected chi connectivity index (χ4v) is 4.06. The average Bonchev–Trinajstić information content (AvgIpc) is 2.69. The molecule has 3 rings (SSSR count). The van der Waals surface area contributed by atoms with Crippen molar-refractivity contribution in [2.24, 2.45) is 0 Å². The number of aromatic hydroxyl groups is 1. The lowest BCUT2D eigenvalue weighted by atomic mass is 10.2. The molecule has 0 aromatic carbocycles. The summed E-state index contributed by atoms with van der Waals surface area (Å²) in [5, 5.41) is 20.9. The Labute approximate surface area is 140 Å². The largest absolute Gasteiger partial charge is 0.492 e. The molecule has 2 aromatic heterocycles. The Hall–Kier alpha value is -2.42. The molecule has 0 spiro atoms. The van der Waals surface area contributed by atoms with Crippen LogP contribution in [0.5, 0.6) is 5.88 Å². The number of nitrogens with zero attached hydrogens (tertiary/aromatic N) is 2. The standard InChI is InChI=1S/C15H17N3O5S/c19-10(20)6-7-16-12(21)11-13(22)17-15-18(14(11)23)8-4-2-1-3-5-9(8)24-15/h22H,1-7H2,(H,16,21)(H,19,20). The third kappa shape index (κ3) is 2.99. The number of aryl methyl sites for hydroxylation is 2. The van der Waals surface area contributed by atoms with E-state index in [9.17, 15) is 19.5 Å². The van der Waals surface area contributed by atoms with Crippen molar-refractivity contribution in [3.8, 4) is 5.88 Å². The van der Waals surface area contributed by atoms with E-state index < -0.39 is 28.9 Å². The van der Waals surface area contributed by atoms with E-state index in [0.717, 1.165) is 42.7 Å². The summed E-state index contributed by atoms with van der Waals surface area (Å²) in [6, 6.07) is 0. The van der Waals surface area contributed by atoms with Crippen molar-refractivity contribution >= 4 is 28.2 Å². The van der Waals surface area contributed by atoms with Gasteiger partial charge in [-0.2, -0.15) is 4.98 Å². The summed E-state index contributed by atoms with van der Waals surface area (Å²) in [6.45, 7) is -0.127. The van der Waals surface area contributed by atoms with Gasteiger partial charge < -0.3 is 15.5 Å². The summed E-state index contributed by atoms with van der Waals surface area (Å²) in [4.78, 5) is 40.8. The normalized spacial score (nSPS) is 14.2. The summed E-state index contributed by atoms with van der Waals surface area (Å²) in [6.07, 6.45) is 4.43. The van der Waals surface area contributed by atoms with Crippen LogP contribution in [-0.2, 0) is 17.6 Å². The first kappa shape index (κ1) is 16.4. The van der Waals surface area contributed by atoms with Gasteiger partial charge in [-0.15, -0.1) is 11.3 Å². The van der Waals surface area contributed by atoms with Crippen LogP contribution in [0.2, 0.25) is 0 Å². The van der Waals surface area contributed by atoms with Crippen LogP contribution in [0.4, 0.5) is 0 Å². The lowest BCUT2D eigenvalue weighted by Crippen LogP contribution is -2.33. The zero-order valence-electron chi connectivity index (χ0n) is 12.9. The predicted octanol–water partition coefficient (Wildman–Crippen LogP) is 0.935. The van der Waals surface area contributed by atoms with Gasteiger partial charge in [-0.3, -0.25) is 18.8 Å². The Morgan fingerprint density at radius 2 is 2.00 bits per heavy atom. The van der Waals surface area contributed by atoms with E-state index in [1.165, 1.54) is 15.7 Å². The van der Waals surface area contributed by atoms with Crippen LogP contribution in [0.1, 0.15) is 46.6 Å². The van der Waals surface area contributed by atoms with Gasteiger partial charge in [0.2, 0.25) is 5.88 Å². The van der Waals surface area contributed by atoms with Crippen LogP contribution in [-0.4, -0.2) is 38.0 Å². The van der Waals surface area contributed by atoms with E-state index in [2.05, 4.69) is 10.3 Å². The lowest BCUT2D eigenvalue weighted by Gasteiger charge is -2.06. The molecule has 0 saturated carbocycles. The minimum Gasteiger partial charge on any atom is -0.492 e. The molecule has 2 heterocycles. The molecule has 1 aliphatic rings. The molecule has 128 valence electrons. The van der Waals surface area contributed by atoms with Crippen molar-refractivity contribution in [2.75, 3.05) is 6.54 Å². The smallest absolute Gasteiger partial charge is 0.305 e. The molecule has 24 heavy (non-hydrogen) atoms. The van der Waals surface area contributed by atoms with Gasteiger partial charge in [0.1, 0.15) is 0 Å². The second-order valence-electron chi connectivity index (χ2n) is 5.67. The van der Waals surface area contributed by atoms with Crippen LogP contribution in [0.3, 0.4) is 0 Å². The van der Waals surface area contributed by atoms with Crippen LogP contribution in [0.25, 0.3) is 4.96 Å². The number of aliphatic carboxylic acids is 1. The number of aromatic nitrogens is 2. The quantitative estimate of drug-likeness (QED) is 0.705. The van der Waals surface area contributed by atoms with Crippen molar-refractivity contribution < 1.29 is 19.8 Å². The molecule has 0 saturated heterocycles. The molecule has 0 atom stereocenters. The minimum absolute atomic E-state index is 0.127. The van der Waals surface area contributed by atoms with Gasteiger partial charge in [0.25, 0.3) is 11.5 Å². The van der Waals surface area contributed by atoms with E-state index in [0.29, 0.717) is 4.96 Å². The molecule has 0 bridgehead atoms. The van der Waals surface area contributed by atoms with Gasteiger partial charge in [0, 0.05) is 17.1 Å². The molecule has 0 aliphatic heterocycles. The van der Waals surface area contributed by atoms with E-state index in [1.807, 2.05) is 0 Å². The van der Waals surface area contributed by atoms with Crippen molar-refractivity contribution in [1.29, 1.82) is 0 Å². The number of carboxylic acid groups (broad SMARTS) is 1. The SMILES string of the molecule is O=C(O)CCNC(=O)c1c(O)nc2sc3c(n2c1=O)CCCCC3. The third-order valence-corrected chi connectivity index (χ3v) is 5.15. The highest BCUT2D eigenvalue weighted by Gasteiger charge is 2.24. The molecule has 9 heteroatoms. The van der Waals surface area contributed by atoms with Crippen LogP contribution < -0.4 is 10.9 Å². The molecule has 0 unspecified atom stereocenters. The summed E-state index contributed by atoms with van der Waals surface area (Å²) >= 11 is 1.37. The van der Waals surface area contributed by atoms with Gasteiger partial charge >= 0.3 is 5.97 Å². The molecule has 2 aromatic rings. The third-order valence-electron chi connectivity index (χ3n) is 4.01. The van der Waals surface area contributed by atoms with Gasteiger partial charge in [0.15, 0.2) is 10.5 Å². The first-order chi connectivity index (χ1) is 11.5.